The van der Waals surface area contributed by atoms with Crippen LogP contribution in [0.1, 0.15) is 28.4 Å². The first-order chi connectivity index (χ1) is 14.8. The molecule has 162 valence electrons. The molecule has 0 aliphatic heterocycles. The largest absolute Gasteiger partial charge is 0.494 e. The average molecular weight is 439 g/mol. The summed E-state index contributed by atoms with van der Waals surface area (Å²) in [6, 6.07) is 20.7. The van der Waals surface area contributed by atoms with Crippen LogP contribution >= 0.6 is 0 Å². The molecule has 1 amide bonds. The molecule has 3 aromatic carbocycles. The zero-order valence-electron chi connectivity index (χ0n) is 17.8. The Bertz CT molecular complexity index is 1160. The molecule has 0 aliphatic carbocycles. The Morgan fingerprint density at radius 3 is 2.39 bits per heavy atom. The fraction of sp³-hybridized carbons (Fsp3) is 0.208. The maximum atomic E-state index is 12.9. The summed E-state index contributed by atoms with van der Waals surface area (Å²) in [4.78, 5) is 14.5. The van der Waals surface area contributed by atoms with Gasteiger partial charge in [0.1, 0.15) is 5.75 Å². The van der Waals surface area contributed by atoms with Gasteiger partial charge in [0.15, 0.2) is 0 Å². The van der Waals surface area contributed by atoms with Gasteiger partial charge in [0.2, 0.25) is 0 Å². The molecule has 7 heteroatoms. The van der Waals surface area contributed by atoms with Crippen molar-refractivity contribution in [1.29, 1.82) is 0 Å². The lowest BCUT2D eigenvalue weighted by atomic mass is 10.1. The van der Waals surface area contributed by atoms with E-state index in [0.29, 0.717) is 24.4 Å². The van der Waals surface area contributed by atoms with Crippen molar-refractivity contribution in [3.8, 4) is 5.75 Å². The van der Waals surface area contributed by atoms with Crippen LogP contribution < -0.4 is 9.46 Å². The van der Waals surface area contributed by atoms with Gasteiger partial charge in [-0.25, -0.2) is 8.42 Å². The van der Waals surface area contributed by atoms with E-state index in [4.69, 9.17) is 4.74 Å². The van der Waals surface area contributed by atoms with Gasteiger partial charge in [-0.2, -0.15) is 0 Å². The maximum absolute atomic E-state index is 12.9. The summed E-state index contributed by atoms with van der Waals surface area (Å²) in [6.07, 6.45) is 0. The second kappa shape index (κ2) is 9.66. The summed E-state index contributed by atoms with van der Waals surface area (Å²) in [5.74, 6) is 0.515. The fourth-order valence-corrected chi connectivity index (χ4v) is 4.24. The summed E-state index contributed by atoms with van der Waals surface area (Å²) in [6.45, 7) is 4.79. The summed E-state index contributed by atoms with van der Waals surface area (Å²) in [5.41, 5.74) is 2.68. The third-order valence-corrected chi connectivity index (χ3v) is 6.04. The molecule has 0 bridgehead atoms. The number of hydrogen-bond acceptors (Lipinski definition) is 4. The predicted molar refractivity (Wildman–Crippen MR) is 122 cm³/mol. The van der Waals surface area contributed by atoms with Crippen LogP contribution in [0.15, 0.2) is 77.7 Å². The van der Waals surface area contributed by atoms with Crippen LogP contribution in [-0.4, -0.2) is 32.9 Å². The molecule has 31 heavy (non-hydrogen) atoms. The highest BCUT2D eigenvalue weighted by Gasteiger charge is 2.18. The highest BCUT2D eigenvalue weighted by molar-refractivity contribution is 7.92. The number of sulfonamides is 1. The van der Waals surface area contributed by atoms with E-state index in [2.05, 4.69) is 4.72 Å². The third-order valence-electron chi connectivity index (χ3n) is 4.66. The number of benzene rings is 3. The molecule has 0 unspecified atom stereocenters. The number of ether oxygens (including phenoxy) is 1. The Kier molecular flexibility index (Phi) is 6.97. The smallest absolute Gasteiger partial charge is 0.261 e. The molecule has 0 radical (unpaired) electrons. The van der Waals surface area contributed by atoms with Gasteiger partial charge < -0.3 is 9.64 Å². The molecule has 0 atom stereocenters. The van der Waals surface area contributed by atoms with Crippen LogP contribution in [0.3, 0.4) is 0 Å². The lowest BCUT2D eigenvalue weighted by Gasteiger charge is -2.18. The highest BCUT2D eigenvalue weighted by atomic mass is 32.2. The second-order valence-corrected chi connectivity index (χ2v) is 8.92. The number of aryl methyl sites for hydroxylation is 1. The molecule has 0 saturated carbocycles. The second-order valence-electron chi connectivity index (χ2n) is 7.24. The molecular formula is C24H26N2O4S. The third kappa shape index (κ3) is 5.86. The van der Waals surface area contributed by atoms with Gasteiger partial charge >= 0.3 is 0 Å². The van der Waals surface area contributed by atoms with Crippen molar-refractivity contribution in [2.75, 3.05) is 18.4 Å². The Morgan fingerprint density at radius 1 is 1.00 bits per heavy atom. The van der Waals surface area contributed by atoms with Crippen molar-refractivity contribution in [3.63, 3.8) is 0 Å². The Hall–Kier alpha value is -3.32. The molecule has 0 spiro atoms. The summed E-state index contributed by atoms with van der Waals surface area (Å²) >= 11 is 0. The average Bonchev–Trinajstić information content (AvgIpc) is 2.74. The SMILES string of the molecule is CCOc1ccc(CN(C)C(=O)c2cccc(S(=O)(=O)Nc3cccc(C)c3)c2)cc1. The van der Waals surface area contributed by atoms with Crippen LogP contribution in [0.2, 0.25) is 0 Å². The van der Waals surface area contributed by atoms with Gasteiger partial charge in [-0.3, -0.25) is 9.52 Å². The van der Waals surface area contributed by atoms with Crippen molar-refractivity contribution in [2.45, 2.75) is 25.3 Å². The molecule has 3 aromatic rings. The molecule has 0 aromatic heterocycles. The van der Waals surface area contributed by atoms with E-state index >= 15 is 0 Å². The van der Waals surface area contributed by atoms with E-state index in [1.807, 2.05) is 44.2 Å². The van der Waals surface area contributed by atoms with Crippen molar-refractivity contribution < 1.29 is 17.9 Å². The van der Waals surface area contributed by atoms with Crippen molar-refractivity contribution in [2.24, 2.45) is 0 Å². The standard InChI is InChI=1S/C24H26N2O4S/c1-4-30-22-13-11-19(12-14-22)17-26(3)24(27)20-8-6-10-23(16-20)31(28,29)25-21-9-5-7-18(2)15-21/h5-16,25H,4,17H2,1-3H3. The van der Waals surface area contributed by atoms with Gasteiger partial charge in [-0.1, -0.05) is 30.3 Å². The first-order valence-corrected chi connectivity index (χ1v) is 11.4. The predicted octanol–water partition coefficient (Wildman–Crippen LogP) is 4.47. The number of nitrogens with zero attached hydrogens (tertiary/aromatic N) is 1. The molecule has 1 N–H and O–H groups in total. The highest BCUT2D eigenvalue weighted by Crippen LogP contribution is 2.19. The van der Waals surface area contributed by atoms with E-state index in [9.17, 15) is 13.2 Å². The maximum Gasteiger partial charge on any atom is 0.261 e. The quantitative estimate of drug-likeness (QED) is 0.563. The number of nitrogens with one attached hydrogen (secondary N) is 1. The molecule has 6 nitrogen and oxygen atoms in total. The van der Waals surface area contributed by atoms with Crippen LogP contribution in [-0.2, 0) is 16.6 Å². The number of hydrogen-bond donors (Lipinski definition) is 1. The van der Waals surface area contributed by atoms with Crippen molar-refractivity contribution >= 4 is 21.6 Å². The molecule has 0 aliphatic rings. The fourth-order valence-electron chi connectivity index (χ4n) is 3.14. The minimum Gasteiger partial charge on any atom is -0.494 e. The summed E-state index contributed by atoms with van der Waals surface area (Å²) in [7, 11) is -2.13. The normalized spacial score (nSPS) is 11.1. The number of carbonyl (C=O) groups is 1. The lowest BCUT2D eigenvalue weighted by Crippen LogP contribution is -2.26. The first-order valence-electron chi connectivity index (χ1n) is 9.95. The first kappa shape index (κ1) is 22.4. The van der Waals surface area contributed by atoms with Crippen molar-refractivity contribution in [3.05, 3.63) is 89.5 Å². The molecule has 3 rings (SSSR count). The molecule has 0 fully saturated rings. The molecule has 0 saturated heterocycles. The van der Waals surface area contributed by atoms with Crippen LogP contribution in [0.5, 0.6) is 5.75 Å². The lowest BCUT2D eigenvalue weighted by molar-refractivity contribution is 0.0785. The minimum atomic E-state index is -3.82. The van der Waals surface area contributed by atoms with Gasteiger partial charge in [-0.05, 0) is 67.4 Å². The van der Waals surface area contributed by atoms with Gasteiger partial charge in [0.25, 0.3) is 15.9 Å². The monoisotopic (exact) mass is 438 g/mol. The number of rotatable bonds is 8. The topological polar surface area (TPSA) is 75.7 Å². The van der Waals surface area contributed by atoms with Crippen LogP contribution in [0, 0.1) is 6.92 Å². The number of amides is 1. The van der Waals surface area contributed by atoms with E-state index < -0.39 is 10.0 Å². The summed E-state index contributed by atoms with van der Waals surface area (Å²) in [5, 5.41) is 0. The number of anilines is 1. The Balaban J connectivity index is 1.74. The number of carbonyl (C=O) groups excluding carboxylic acids is 1. The van der Waals surface area contributed by atoms with E-state index in [1.54, 1.807) is 42.3 Å². The van der Waals surface area contributed by atoms with Gasteiger partial charge in [0.05, 0.1) is 11.5 Å². The van der Waals surface area contributed by atoms with E-state index in [0.717, 1.165) is 16.9 Å². The van der Waals surface area contributed by atoms with Gasteiger partial charge in [0, 0.05) is 24.8 Å². The zero-order valence-corrected chi connectivity index (χ0v) is 18.6. The van der Waals surface area contributed by atoms with Gasteiger partial charge in [-0.15, -0.1) is 0 Å². The Morgan fingerprint density at radius 2 is 1.71 bits per heavy atom. The molecular weight excluding hydrogens is 412 g/mol. The van der Waals surface area contributed by atoms with E-state index in [-0.39, 0.29) is 10.8 Å². The van der Waals surface area contributed by atoms with Crippen LogP contribution in [0.25, 0.3) is 0 Å². The van der Waals surface area contributed by atoms with Crippen LogP contribution in [0.4, 0.5) is 5.69 Å². The zero-order chi connectivity index (χ0) is 22.4. The Labute approximate surface area is 183 Å². The molecule has 0 heterocycles. The van der Waals surface area contributed by atoms with Crippen molar-refractivity contribution in [1.82, 2.24) is 4.90 Å². The minimum absolute atomic E-state index is 0.0364. The van der Waals surface area contributed by atoms with E-state index in [1.165, 1.54) is 12.1 Å². The summed E-state index contributed by atoms with van der Waals surface area (Å²) < 4.78 is 33.6.